The highest BCUT2D eigenvalue weighted by Crippen LogP contribution is 2.05. The molecule has 0 unspecified atom stereocenters. The lowest BCUT2D eigenvalue weighted by atomic mass is 10.3. The van der Waals surface area contributed by atoms with Gasteiger partial charge in [0, 0.05) is 12.6 Å². The quantitative estimate of drug-likeness (QED) is 0.563. The zero-order valence-corrected chi connectivity index (χ0v) is 11.1. The second kappa shape index (κ2) is 8.87. The molecule has 1 N–H and O–H groups in total. The first-order chi connectivity index (χ1) is 8.49. The lowest BCUT2D eigenvalue weighted by Gasteiger charge is -1.99. The second-order valence-electron chi connectivity index (χ2n) is 3.50. The Hall–Kier alpha value is -2.23. The molecular formula is C14H19N3O. The predicted molar refractivity (Wildman–Crippen MR) is 74.7 cm³/mol. The summed E-state index contributed by atoms with van der Waals surface area (Å²) in [5.74, 6) is -0.155. The van der Waals surface area contributed by atoms with E-state index in [1.807, 2.05) is 19.9 Å². The molecule has 0 heterocycles. The highest BCUT2D eigenvalue weighted by atomic mass is 16.1. The predicted octanol–water partition coefficient (Wildman–Crippen LogP) is 3.64. The zero-order valence-electron chi connectivity index (χ0n) is 11.1. The van der Waals surface area contributed by atoms with Crippen LogP contribution in [0, 0.1) is 0 Å². The van der Waals surface area contributed by atoms with Crippen molar-refractivity contribution in [2.75, 3.05) is 0 Å². The summed E-state index contributed by atoms with van der Waals surface area (Å²) in [5, 5.41) is 10.6. The highest BCUT2D eigenvalue weighted by molar-refractivity contribution is 5.75. The summed E-state index contributed by atoms with van der Waals surface area (Å²) in [6.45, 7) is 12.4. The number of hydrogen-bond acceptors (Lipinski definition) is 3. The average Bonchev–Trinajstić information content (AvgIpc) is 2.28. The van der Waals surface area contributed by atoms with Gasteiger partial charge in [0.2, 0.25) is 5.91 Å². The van der Waals surface area contributed by atoms with Gasteiger partial charge in [-0.3, -0.25) is 4.79 Å². The van der Waals surface area contributed by atoms with Crippen molar-refractivity contribution < 1.29 is 4.79 Å². The molecule has 0 aliphatic heterocycles. The second-order valence-corrected chi connectivity index (χ2v) is 3.50. The molecule has 1 amide bonds. The summed E-state index contributed by atoms with van der Waals surface area (Å²) in [5.41, 5.74) is 1.95. The van der Waals surface area contributed by atoms with Crippen LogP contribution < -0.4 is 5.32 Å². The van der Waals surface area contributed by atoms with Gasteiger partial charge in [-0.15, -0.1) is 0 Å². The van der Waals surface area contributed by atoms with Gasteiger partial charge in [0.05, 0.1) is 11.4 Å². The van der Waals surface area contributed by atoms with Crippen LogP contribution in [0.3, 0.4) is 0 Å². The molecule has 0 radical (unpaired) electrons. The molecule has 0 saturated heterocycles. The number of carbonyl (C=O) groups is 1. The third-order valence-electron chi connectivity index (χ3n) is 1.77. The summed E-state index contributed by atoms with van der Waals surface area (Å²) >= 11 is 0. The molecule has 4 nitrogen and oxygen atoms in total. The van der Waals surface area contributed by atoms with E-state index in [-0.39, 0.29) is 5.91 Å². The Morgan fingerprint density at radius 3 is 2.39 bits per heavy atom. The number of carbonyl (C=O) groups excluding carboxylic acids is 1. The van der Waals surface area contributed by atoms with E-state index in [0.29, 0.717) is 11.4 Å². The molecule has 0 atom stereocenters. The van der Waals surface area contributed by atoms with Crippen LogP contribution in [0.1, 0.15) is 20.8 Å². The lowest BCUT2D eigenvalue weighted by molar-refractivity contribution is -0.118. The van der Waals surface area contributed by atoms with Gasteiger partial charge < -0.3 is 5.32 Å². The van der Waals surface area contributed by atoms with Gasteiger partial charge in [-0.1, -0.05) is 25.3 Å². The smallest absolute Gasteiger partial charge is 0.221 e. The van der Waals surface area contributed by atoms with Gasteiger partial charge >= 0.3 is 0 Å². The maximum atomic E-state index is 10.8. The molecule has 0 aromatic carbocycles. The molecule has 0 aliphatic carbocycles. The minimum absolute atomic E-state index is 0.155. The molecule has 96 valence electrons. The van der Waals surface area contributed by atoms with Crippen molar-refractivity contribution in [2.24, 2.45) is 10.2 Å². The standard InChI is InChI=1S/C14H19N3O/c1-6-8-12(4)16-17-14(7-2)10-9-11(3)15-13(5)18/h6-10H,1,3H2,2,4-5H3,(H,15,18)/b10-9-,12-8+,14-7+,17-16+. The molecule has 0 aromatic rings. The SMILES string of the molecule is C=C/C=C(C)/N=N/C(/C=C\C(=C)NC(C)=O)=C/C. The molecule has 0 spiro atoms. The Balaban J connectivity index is 4.59. The Labute approximate surface area is 108 Å². The number of amides is 1. The fourth-order valence-corrected chi connectivity index (χ4v) is 0.982. The van der Waals surface area contributed by atoms with Crippen molar-refractivity contribution in [2.45, 2.75) is 20.8 Å². The van der Waals surface area contributed by atoms with Gasteiger partial charge in [0.15, 0.2) is 0 Å². The van der Waals surface area contributed by atoms with Crippen molar-refractivity contribution in [1.29, 1.82) is 0 Å². The Morgan fingerprint density at radius 2 is 1.89 bits per heavy atom. The maximum absolute atomic E-state index is 10.8. The third-order valence-corrected chi connectivity index (χ3v) is 1.77. The van der Waals surface area contributed by atoms with Gasteiger partial charge in [0.1, 0.15) is 0 Å². The number of nitrogens with zero attached hydrogens (tertiary/aromatic N) is 2. The van der Waals surface area contributed by atoms with Crippen molar-refractivity contribution in [3.63, 3.8) is 0 Å². The fourth-order valence-electron chi connectivity index (χ4n) is 0.982. The molecule has 18 heavy (non-hydrogen) atoms. The van der Waals surface area contributed by atoms with Crippen molar-refractivity contribution in [1.82, 2.24) is 5.32 Å². The summed E-state index contributed by atoms with van der Waals surface area (Å²) in [6, 6.07) is 0. The van der Waals surface area contributed by atoms with Gasteiger partial charge in [-0.2, -0.15) is 10.2 Å². The van der Waals surface area contributed by atoms with Crippen molar-refractivity contribution in [3.05, 3.63) is 60.6 Å². The van der Waals surface area contributed by atoms with Crippen molar-refractivity contribution in [3.8, 4) is 0 Å². The zero-order chi connectivity index (χ0) is 14.0. The summed E-state index contributed by atoms with van der Waals surface area (Å²) in [7, 11) is 0. The van der Waals surface area contributed by atoms with Gasteiger partial charge in [0.25, 0.3) is 0 Å². The topological polar surface area (TPSA) is 53.8 Å². The molecule has 0 rings (SSSR count). The average molecular weight is 245 g/mol. The van der Waals surface area contributed by atoms with E-state index in [0.717, 1.165) is 5.70 Å². The molecule has 0 aromatic heterocycles. The molecule has 4 heteroatoms. The molecule has 0 fully saturated rings. The third kappa shape index (κ3) is 7.98. The Kier molecular flexibility index (Phi) is 7.77. The first kappa shape index (κ1) is 15.8. The molecular weight excluding hydrogens is 226 g/mol. The molecule has 0 aliphatic rings. The van der Waals surface area contributed by atoms with Crippen LogP contribution in [-0.2, 0) is 4.79 Å². The van der Waals surface area contributed by atoms with Crippen LogP contribution in [0.25, 0.3) is 0 Å². The van der Waals surface area contributed by atoms with E-state index in [1.54, 1.807) is 24.3 Å². The summed E-state index contributed by atoms with van der Waals surface area (Å²) < 4.78 is 0. The Bertz CT molecular complexity index is 440. The lowest BCUT2D eigenvalue weighted by Crippen LogP contribution is -2.16. The number of azo groups is 1. The van der Waals surface area contributed by atoms with E-state index < -0.39 is 0 Å². The van der Waals surface area contributed by atoms with E-state index in [1.165, 1.54) is 6.92 Å². The minimum Gasteiger partial charge on any atom is -0.327 e. The minimum atomic E-state index is -0.155. The van der Waals surface area contributed by atoms with Crippen LogP contribution in [0.4, 0.5) is 0 Å². The largest absolute Gasteiger partial charge is 0.327 e. The van der Waals surface area contributed by atoms with E-state index in [2.05, 4.69) is 28.7 Å². The van der Waals surface area contributed by atoms with Crippen LogP contribution in [0.15, 0.2) is 70.9 Å². The number of hydrogen-bond donors (Lipinski definition) is 1. The van der Waals surface area contributed by atoms with Crippen LogP contribution in [0.5, 0.6) is 0 Å². The van der Waals surface area contributed by atoms with Crippen LogP contribution >= 0.6 is 0 Å². The Morgan fingerprint density at radius 1 is 1.22 bits per heavy atom. The normalized spacial score (nSPS) is 13.1. The number of rotatable bonds is 6. The fraction of sp³-hybridized carbons (Fsp3) is 0.214. The van der Waals surface area contributed by atoms with Gasteiger partial charge in [-0.05, 0) is 32.1 Å². The van der Waals surface area contributed by atoms with Crippen molar-refractivity contribution >= 4 is 5.91 Å². The molecule has 0 bridgehead atoms. The summed E-state index contributed by atoms with van der Waals surface area (Å²) in [6.07, 6.45) is 8.61. The van der Waals surface area contributed by atoms with E-state index in [9.17, 15) is 4.79 Å². The van der Waals surface area contributed by atoms with Crippen LogP contribution in [0.2, 0.25) is 0 Å². The number of allylic oxidation sites excluding steroid dienone is 6. The first-order valence-electron chi connectivity index (χ1n) is 5.51. The first-order valence-corrected chi connectivity index (χ1v) is 5.51. The number of nitrogens with one attached hydrogen (secondary N) is 1. The van der Waals surface area contributed by atoms with E-state index >= 15 is 0 Å². The maximum Gasteiger partial charge on any atom is 0.221 e. The van der Waals surface area contributed by atoms with Crippen LogP contribution in [-0.4, -0.2) is 5.91 Å². The monoisotopic (exact) mass is 245 g/mol. The van der Waals surface area contributed by atoms with Gasteiger partial charge in [-0.25, -0.2) is 0 Å². The summed E-state index contributed by atoms with van der Waals surface area (Å²) in [4.78, 5) is 10.8. The molecule has 0 saturated carbocycles. The highest BCUT2D eigenvalue weighted by Gasteiger charge is 1.92. The van der Waals surface area contributed by atoms with E-state index in [4.69, 9.17) is 0 Å².